The van der Waals surface area contributed by atoms with Gasteiger partial charge in [0.1, 0.15) is 6.04 Å². The van der Waals surface area contributed by atoms with Crippen LogP contribution in [-0.4, -0.2) is 42.5 Å². The summed E-state index contributed by atoms with van der Waals surface area (Å²) < 4.78 is 12.9. The Balaban J connectivity index is 1.38. The van der Waals surface area contributed by atoms with Gasteiger partial charge in [0.05, 0.1) is 26.4 Å². The Morgan fingerprint density at radius 1 is 1.00 bits per heavy atom. The van der Waals surface area contributed by atoms with Gasteiger partial charge in [0.15, 0.2) is 0 Å². The second-order valence-electron chi connectivity index (χ2n) is 9.56. The number of thiol groups is 1. The number of carbonyl (C=O) groups excluding carboxylic acids is 2. The summed E-state index contributed by atoms with van der Waals surface area (Å²) in [5, 5.41) is 4.10. The molecule has 40 heavy (non-hydrogen) atoms. The normalized spacial score (nSPS) is 18.1. The highest BCUT2D eigenvalue weighted by Gasteiger charge is 2.33. The predicted octanol–water partition coefficient (Wildman–Crippen LogP) is 6.56. The highest BCUT2D eigenvalue weighted by atomic mass is 35.5. The van der Waals surface area contributed by atoms with Crippen molar-refractivity contribution in [2.75, 3.05) is 20.3 Å². The second kappa shape index (κ2) is 14.7. The standard InChI is InChI=1S/C31H32Cl2N2O4S/c1-38-31(37)27(18-21-6-3-2-4-7-21)34-29(36)16-17-39-20-24-12-15-28(22-10-13-25(32)14-11-22)35(40)30(24)23-8-5-9-26(33)19-23/h2-14,19,27-28,30,40H,15-18,20H2,1H3,(H,34,36)/t27-,28-,30-/m0/s1. The molecule has 9 heteroatoms. The van der Waals surface area contributed by atoms with Gasteiger partial charge in [-0.3, -0.25) is 4.79 Å². The fourth-order valence-corrected chi connectivity index (χ4v) is 5.63. The summed E-state index contributed by atoms with van der Waals surface area (Å²) in [6.45, 7) is 0.511. The van der Waals surface area contributed by atoms with Crippen LogP contribution in [0.15, 0.2) is 90.5 Å². The van der Waals surface area contributed by atoms with E-state index in [0.29, 0.717) is 23.1 Å². The van der Waals surface area contributed by atoms with Crippen molar-refractivity contribution in [2.45, 2.75) is 37.4 Å². The van der Waals surface area contributed by atoms with Crippen molar-refractivity contribution in [1.29, 1.82) is 0 Å². The van der Waals surface area contributed by atoms with Gasteiger partial charge in [0, 0.05) is 28.9 Å². The zero-order valence-electron chi connectivity index (χ0n) is 22.1. The van der Waals surface area contributed by atoms with Crippen LogP contribution in [0.4, 0.5) is 0 Å². The summed E-state index contributed by atoms with van der Waals surface area (Å²) >= 11 is 17.4. The van der Waals surface area contributed by atoms with Crippen molar-refractivity contribution >= 4 is 47.9 Å². The Labute approximate surface area is 250 Å². The third-order valence-corrected chi connectivity index (χ3v) is 7.80. The number of nitrogens with zero attached hydrogens (tertiary/aromatic N) is 1. The van der Waals surface area contributed by atoms with E-state index in [1.807, 2.05) is 83.2 Å². The molecule has 4 rings (SSSR count). The number of benzene rings is 3. The lowest BCUT2D eigenvalue weighted by molar-refractivity contribution is -0.145. The fraction of sp³-hybridized carbons (Fsp3) is 0.290. The monoisotopic (exact) mass is 598 g/mol. The number of hydrogen-bond donors (Lipinski definition) is 2. The van der Waals surface area contributed by atoms with Crippen molar-refractivity contribution in [1.82, 2.24) is 9.62 Å². The van der Waals surface area contributed by atoms with Crippen LogP contribution < -0.4 is 5.32 Å². The topological polar surface area (TPSA) is 67.9 Å². The lowest BCUT2D eigenvalue weighted by Crippen LogP contribution is -2.43. The maximum absolute atomic E-state index is 12.7. The van der Waals surface area contributed by atoms with Gasteiger partial charge in [-0.05, 0) is 52.9 Å². The molecule has 6 nitrogen and oxygen atoms in total. The molecule has 1 N–H and O–H groups in total. The zero-order chi connectivity index (χ0) is 28.5. The van der Waals surface area contributed by atoms with E-state index in [4.69, 9.17) is 45.5 Å². The summed E-state index contributed by atoms with van der Waals surface area (Å²) in [6, 6.07) is 24.1. The maximum atomic E-state index is 12.7. The van der Waals surface area contributed by atoms with E-state index < -0.39 is 12.0 Å². The van der Waals surface area contributed by atoms with Crippen molar-refractivity contribution in [3.8, 4) is 0 Å². The second-order valence-corrected chi connectivity index (χ2v) is 10.9. The number of amides is 1. The van der Waals surface area contributed by atoms with Crippen molar-refractivity contribution < 1.29 is 19.1 Å². The van der Waals surface area contributed by atoms with Crippen LogP contribution >= 0.6 is 36.0 Å². The summed E-state index contributed by atoms with van der Waals surface area (Å²) in [6.07, 6.45) is 3.36. The summed E-state index contributed by atoms with van der Waals surface area (Å²) in [5.74, 6) is -0.770. The minimum absolute atomic E-state index is 0.0268. The van der Waals surface area contributed by atoms with Gasteiger partial charge >= 0.3 is 5.97 Å². The molecule has 1 amide bonds. The van der Waals surface area contributed by atoms with E-state index in [0.717, 1.165) is 28.7 Å². The first kappa shape index (κ1) is 30.2. The molecule has 0 unspecified atom stereocenters. The van der Waals surface area contributed by atoms with Crippen molar-refractivity contribution in [3.05, 3.63) is 117 Å². The molecule has 1 aliphatic rings. The Hall–Kier alpha value is -2.81. The quantitative estimate of drug-likeness (QED) is 0.113. The molecule has 0 aromatic heterocycles. The molecule has 3 atom stereocenters. The van der Waals surface area contributed by atoms with Crippen molar-refractivity contribution in [3.63, 3.8) is 0 Å². The fourth-order valence-electron chi connectivity index (χ4n) is 4.79. The Morgan fingerprint density at radius 2 is 1.75 bits per heavy atom. The number of hydrogen-bond acceptors (Lipinski definition) is 6. The van der Waals surface area contributed by atoms with Crippen LogP contribution in [0.2, 0.25) is 10.0 Å². The van der Waals surface area contributed by atoms with Gasteiger partial charge in [-0.2, -0.15) is 0 Å². The number of carbonyl (C=O) groups is 2. The van der Waals surface area contributed by atoms with E-state index in [-0.39, 0.29) is 31.0 Å². The smallest absolute Gasteiger partial charge is 0.328 e. The number of ether oxygens (including phenoxy) is 2. The lowest BCUT2D eigenvalue weighted by atomic mass is 9.89. The number of halogens is 2. The van der Waals surface area contributed by atoms with Gasteiger partial charge in [-0.15, -0.1) is 0 Å². The molecule has 3 aromatic carbocycles. The molecule has 0 fully saturated rings. The average Bonchev–Trinajstić information content (AvgIpc) is 2.96. The van der Waals surface area contributed by atoms with Crippen LogP contribution in [0.25, 0.3) is 0 Å². The van der Waals surface area contributed by atoms with E-state index >= 15 is 0 Å². The van der Waals surface area contributed by atoms with Crippen LogP contribution in [0.1, 0.15) is 41.6 Å². The van der Waals surface area contributed by atoms with Crippen molar-refractivity contribution in [2.24, 2.45) is 0 Å². The summed E-state index contributed by atoms with van der Waals surface area (Å²) in [4.78, 5) is 24.9. The van der Waals surface area contributed by atoms with E-state index in [9.17, 15) is 9.59 Å². The van der Waals surface area contributed by atoms with Gasteiger partial charge in [0.25, 0.3) is 0 Å². The van der Waals surface area contributed by atoms with E-state index in [1.165, 1.54) is 7.11 Å². The third kappa shape index (κ3) is 8.12. The average molecular weight is 600 g/mol. The number of esters is 1. The first-order valence-electron chi connectivity index (χ1n) is 13.0. The molecule has 210 valence electrons. The number of methoxy groups -OCH3 is 1. The number of nitrogens with one attached hydrogen (secondary N) is 1. The lowest BCUT2D eigenvalue weighted by Gasteiger charge is -2.39. The SMILES string of the molecule is COC(=O)[C@H](Cc1ccccc1)NC(=O)CCOCC1=CC[C@@H](c2ccc(Cl)cc2)N(S)[C@H]1c1cccc(Cl)c1. The first-order chi connectivity index (χ1) is 19.4. The minimum Gasteiger partial charge on any atom is -0.467 e. The Morgan fingerprint density at radius 3 is 2.45 bits per heavy atom. The minimum atomic E-state index is -0.768. The van der Waals surface area contributed by atoms with Gasteiger partial charge in [0.2, 0.25) is 5.91 Å². The van der Waals surface area contributed by atoms with Crippen LogP contribution in [-0.2, 0) is 25.5 Å². The molecule has 1 heterocycles. The van der Waals surface area contributed by atoms with E-state index in [2.05, 4.69) is 11.4 Å². The highest BCUT2D eigenvalue weighted by molar-refractivity contribution is 7.77. The molecule has 0 saturated carbocycles. The predicted molar refractivity (Wildman–Crippen MR) is 161 cm³/mol. The summed E-state index contributed by atoms with van der Waals surface area (Å²) in [7, 11) is 1.31. The van der Waals surface area contributed by atoms with Gasteiger partial charge in [-0.1, -0.05) is 96.7 Å². The highest BCUT2D eigenvalue weighted by Crippen LogP contribution is 2.43. The third-order valence-electron chi connectivity index (χ3n) is 6.80. The Bertz CT molecular complexity index is 1320. The molecule has 1 aliphatic heterocycles. The molecule has 0 saturated heterocycles. The van der Waals surface area contributed by atoms with Crippen LogP contribution in [0.5, 0.6) is 0 Å². The first-order valence-corrected chi connectivity index (χ1v) is 14.2. The van der Waals surface area contributed by atoms with Crippen LogP contribution in [0, 0.1) is 0 Å². The summed E-state index contributed by atoms with van der Waals surface area (Å²) in [5.41, 5.74) is 4.06. The molecular formula is C31H32Cl2N2O4S. The van der Waals surface area contributed by atoms with Crippen LogP contribution in [0.3, 0.4) is 0 Å². The molecule has 0 aliphatic carbocycles. The maximum Gasteiger partial charge on any atom is 0.328 e. The van der Waals surface area contributed by atoms with Gasteiger partial charge < -0.3 is 14.8 Å². The molecule has 0 radical (unpaired) electrons. The largest absolute Gasteiger partial charge is 0.467 e. The zero-order valence-corrected chi connectivity index (χ0v) is 24.5. The molecule has 0 spiro atoms. The molecule has 3 aromatic rings. The van der Waals surface area contributed by atoms with E-state index in [1.54, 1.807) is 0 Å². The number of rotatable bonds is 11. The Kier molecular flexibility index (Phi) is 11.1. The van der Waals surface area contributed by atoms with Gasteiger partial charge in [-0.25, -0.2) is 9.10 Å². The molecular weight excluding hydrogens is 567 g/mol. The molecule has 0 bridgehead atoms.